The molecule has 0 unspecified atom stereocenters. The molecule has 1 amide bonds. The first kappa shape index (κ1) is 16.9. The minimum absolute atomic E-state index is 0.0365. The van der Waals surface area contributed by atoms with Crippen molar-refractivity contribution in [2.75, 3.05) is 18.6 Å². The van der Waals surface area contributed by atoms with Gasteiger partial charge < -0.3 is 9.47 Å². The summed E-state index contributed by atoms with van der Waals surface area (Å²) < 4.78 is 9.97. The highest BCUT2D eigenvalue weighted by molar-refractivity contribution is 5.99. The van der Waals surface area contributed by atoms with E-state index >= 15 is 0 Å². The largest absolute Gasteiger partial charge is 0.464 e. The Bertz CT molecular complexity index is 648. The molecule has 1 aliphatic rings. The van der Waals surface area contributed by atoms with E-state index in [0.717, 1.165) is 0 Å². The van der Waals surface area contributed by atoms with Gasteiger partial charge in [0.25, 0.3) is 0 Å². The van der Waals surface area contributed by atoms with Crippen LogP contribution in [-0.4, -0.2) is 42.1 Å². The van der Waals surface area contributed by atoms with Gasteiger partial charge in [0.15, 0.2) is 5.69 Å². The lowest BCUT2D eigenvalue weighted by Gasteiger charge is -2.21. The lowest BCUT2D eigenvalue weighted by atomic mass is 10.1. The van der Waals surface area contributed by atoms with Gasteiger partial charge in [0.1, 0.15) is 11.4 Å². The average molecular weight is 320 g/mol. The van der Waals surface area contributed by atoms with Gasteiger partial charge in [-0.3, -0.25) is 9.69 Å². The van der Waals surface area contributed by atoms with Crippen molar-refractivity contribution in [1.29, 1.82) is 0 Å². The molecule has 0 N–H and O–H groups in total. The van der Waals surface area contributed by atoms with E-state index in [1.54, 1.807) is 20.8 Å². The zero-order valence-corrected chi connectivity index (χ0v) is 13.7. The van der Waals surface area contributed by atoms with Gasteiger partial charge in [-0.2, -0.15) is 0 Å². The van der Waals surface area contributed by atoms with E-state index in [2.05, 4.69) is 9.72 Å². The van der Waals surface area contributed by atoms with Crippen molar-refractivity contribution >= 4 is 23.7 Å². The van der Waals surface area contributed by atoms with E-state index in [9.17, 15) is 14.4 Å². The third-order valence-corrected chi connectivity index (χ3v) is 3.19. The fraction of sp³-hybridized carbons (Fsp3) is 0.500. The highest BCUT2D eigenvalue weighted by Crippen LogP contribution is 2.23. The second-order valence-electron chi connectivity index (χ2n) is 6.24. The molecule has 0 saturated carbocycles. The highest BCUT2D eigenvalue weighted by atomic mass is 16.6. The quantitative estimate of drug-likeness (QED) is 0.791. The molecule has 124 valence electrons. The molecular weight excluding hydrogens is 300 g/mol. The summed E-state index contributed by atoms with van der Waals surface area (Å²) in [6.45, 7) is 5.75. The number of rotatable bonds is 3. The molecule has 1 aliphatic heterocycles. The number of hydrogen-bond donors (Lipinski definition) is 0. The lowest BCUT2D eigenvalue weighted by Crippen LogP contribution is -2.27. The smallest absolute Gasteiger partial charge is 0.356 e. The van der Waals surface area contributed by atoms with E-state index in [0.29, 0.717) is 19.4 Å². The first-order chi connectivity index (χ1) is 10.7. The SMILES string of the molecule is COC(=O)c1cc(C(=O)OC(C)(C)C)cc(N2CCCC2=O)n1. The van der Waals surface area contributed by atoms with Crippen molar-refractivity contribution in [2.24, 2.45) is 0 Å². The van der Waals surface area contributed by atoms with Crippen LogP contribution in [0, 0.1) is 0 Å². The second-order valence-corrected chi connectivity index (χ2v) is 6.24. The van der Waals surface area contributed by atoms with Crippen molar-refractivity contribution < 1.29 is 23.9 Å². The first-order valence-corrected chi connectivity index (χ1v) is 7.35. The van der Waals surface area contributed by atoms with Gasteiger partial charge in [-0.1, -0.05) is 0 Å². The third kappa shape index (κ3) is 4.06. The van der Waals surface area contributed by atoms with Crippen LogP contribution in [0.3, 0.4) is 0 Å². The fourth-order valence-corrected chi connectivity index (χ4v) is 2.21. The normalized spacial score (nSPS) is 14.8. The van der Waals surface area contributed by atoms with Gasteiger partial charge in [-0.25, -0.2) is 14.6 Å². The number of esters is 2. The van der Waals surface area contributed by atoms with Crippen LogP contribution < -0.4 is 4.90 Å². The summed E-state index contributed by atoms with van der Waals surface area (Å²) in [5.74, 6) is -1.09. The molecule has 0 atom stereocenters. The maximum atomic E-state index is 12.3. The number of carbonyl (C=O) groups excluding carboxylic acids is 3. The molecule has 0 bridgehead atoms. The molecular formula is C16H20N2O5. The summed E-state index contributed by atoms with van der Waals surface area (Å²) >= 11 is 0. The van der Waals surface area contributed by atoms with Crippen LogP contribution in [-0.2, 0) is 14.3 Å². The van der Waals surface area contributed by atoms with Gasteiger partial charge in [0.2, 0.25) is 5.91 Å². The van der Waals surface area contributed by atoms with E-state index in [-0.39, 0.29) is 23.0 Å². The fourth-order valence-electron chi connectivity index (χ4n) is 2.21. The van der Waals surface area contributed by atoms with Crippen LogP contribution >= 0.6 is 0 Å². The van der Waals surface area contributed by atoms with Crippen molar-refractivity contribution in [3.63, 3.8) is 0 Å². The third-order valence-electron chi connectivity index (χ3n) is 3.19. The molecule has 1 aromatic heterocycles. The summed E-state index contributed by atoms with van der Waals surface area (Å²) in [5, 5.41) is 0. The van der Waals surface area contributed by atoms with Crippen LogP contribution in [0.2, 0.25) is 0 Å². The lowest BCUT2D eigenvalue weighted by molar-refractivity contribution is -0.117. The summed E-state index contributed by atoms with van der Waals surface area (Å²) in [4.78, 5) is 41.5. The summed E-state index contributed by atoms with van der Waals surface area (Å²) in [6, 6.07) is 2.77. The van der Waals surface area contributed by atoms with Gasteiger partial charge >= 0.3 is 11.9 Å². The van der Waals surface area contributed by atoms with E-state index < -0.39 is 17.5 Å². The summed E-state index contributed by atoms with van der Waals surface area (Å²) in [6.07, 6.45) is 1.14. The van der Waals surface area contributed by atoms with Crippen LogP contribution in [0.1, 0.15) is 54.5 Å². The number of hydrogen-bond acceptors (Lipinski definition) is 6. The van der Waals surface area contributed by atoms with Gasteiger partial charge in [-0.15, -0.1) is 0 Å². The minimum atomic E-state index is -0.677. The first-order valence-electron chi connectivity index (χ1n) is 7.35. The van der Waals surface area contributed by atoms with E-state index in [1.165, 1.54) is 24.1 Å². The summed E-state index contributed by atoms with van der Waals surface area (Å²) in [5.41, 5.74) is -0.550. The number of methoxy groups -OCH3 is 1. The molecule has 7 heteroatoms. The van der Waals surface area contributed by atoms with E-state index in [4.69, 9.17) is 4.74 Å². The molecule has 7 nitrogen and oxygen atoms in total. The van der Waals surface area contributed by atoms with Crippen molar-refractivity contribution in [1.82, 2.24) is 4.98 Å². The van der Waals surface area contributed by atoms with Gasteiger partial charge in [0.05, 0.1) is 12.7 Å². The van der Waals surface area contributed by atoms with Crippen LogP contribution in [0.25, 0.3) is 0 Å². The average Bonchev–Trinajstić information content (AvgIpc) is 2.90. The Morgan fingerprint density at radius 2 is 1.91 bits per heavy atom. The Morgan fingerprint density at radius 1 is 1.22 bits per heavy atom. The Hall–Kier alpha value is -2.44. The van der Waals surface area contributed by atoms with E-state index in [1.807, 2.05) is 0 Å². The molecule has 0 radical (unpaired) electrons. The number of nitrogens with zero attached hydrogens (tertiary/aromatic N) is 2. The van der Waals surface area contributed by atoms with Crippen molar-refractivity contribution in [3.8, 4) is 0 Å². The Labute approximate surface area is 134 Å². The van der Waals surface area contributed by atoms with Crippen LogP contribution in [0.4, 0.5) is 5.82 Å². The topological polar surface area (TPSA) is 85.8 Å². The molecule has 2 heterocycles. The Balaban J connectivity index is 2.43. The van der Waals surface area contributed by atoms with Crippen LogP contribution in [0.15, 0.2) is 12.1 Å². The standard InChI is InChI=1S/C16H20N2O5/c1-16(2,3)23-14(20)10-8-11(15(21)22-4)17-12(9-10)18-7-5-6-13(18)19/h8-9H,5-7H2,1-4H3. The number of amides is 1. The number of ether oxygens (including phenoxy) is 2. The molecule has 1 saturated heterocycles. The van der Waals surface area contributed by atoms with Crippen LogP contribution in [0.5, 0.6) is 0 Å². The maximum Gasteiger partial charge on any atom is 0.356 e. The number of aromatic nitrogens is 1. The highest BCUT2D eigenvalue weighted by Gasteiger charge is 2.27. The van der Waals surface area contributed by atoms with Gasteiger partial charge in [0, 0.05) is 13.0 Å². The Kier molecular flexibility index (Phi) is 4.68. The minimum Gasteiger partial charge on any atom is -0.464 e. The molecule has 0 aliphatic carbocycles. The van der Waals surface area contributed by atoms with Crippen molar-refractivity contribution in [3.05, 3.63) is 23.4 Å². The Morgan fingerprint density at radius 3 is 2.43 bits per heavy atom. The monoisotopic (exact) mass is 320 g/mol. The zero-order chi connectivity index (χ0) is 17.2. The molecule has 2 rings (SSSR count). The second kappa shape index (κ2) is 6.36. The molecule has 23 heavy (non-hydrogen) atoms. The number of anilines is 1. The maximum absolute atomic E-state index is 12.3. The zero-order valence-electron chi connectivity index (χ0n) is 13.7. The molecule has 1 fully saturated rings. The van der Waals surface area contributed by atoms with Gasteiger partial charge in [-0.05, 0) is 39.3 Å². The molecule has 1 aromatic rings. The molecule has 0 aromatic carbocycles. The van der Waals surface area contributed by atoms with Crippen molar-refractivity contribution in [2.45, 2.75) is 39.2 Å². The number of carbonyl (C=O) groups is 3. The predicted octanol–water partition coefficient (Wildman–Crippen LogP) is 1.95. The predicted molar refractivity (Wildman–Crippen MR) is 82.3 cm³/mol. The molecule has 0 spiro atoms. The number of pyridine rings is 1. The summed E-state index contributed by atoms with van der Waals surface area (Å²) in [7, 11) is 1.23.